The fourth-order valence-electron chi connectivity index (χ4n) is 2.66. The number of hydrogen-bond donors (Lipinski definition) is 1. The number of hydrazone groups is 1. The number of anilines is 1. The average Bonchev–Trinajstić information content (AvgIpc) is 2.67. The van der Waals surface area contributed by atoms with Gasteiger partial charge in [-0.25, -0.2) is 4.39 Å². The van der Waals surface area contributed by atoms with Crippen LogP contribution in [0, 0.1) is 5.82 Å². The van der Waals surface area contributed by atoms with Crippen molar-refractivity contribution in [3.05, 3.63) is 60.2 Å². The fourth-order valence-corrected chi connectivity index (χ4v) is 2.88. The number of hydrogen-bond acceptors (Lipinski definition) is 4. The van der Waals surface area contributed by atoms with Crippen molar-refractivity contribution in [1.29, 1.82) is 0 Å². The molecule has 1 aromatic carbocycles. The highest BCUT2D eigenvalue weighted by molar-refractivity contribution is 7.80. The first kappa shape index (κ1) is 17.3. The van der Waals surface area contributed by atoms with Gasteiger partial charge in [-0.3, -0.25) is 10.4 Å². The van der Waals surface area contributed by atoms with Crippen molar-refractivity contribution in [3.63, 3.8) is 0 Å². The Labute approximate surface area is 152 Å². The summed E-state index contributed by atoms with van der Waals surface area (Å²) < 4.78 is 13.0. The summed E-state index contributed by atoms with van der Waals surface area (Å²) in [5, 5.41) is 4.93. The molecule has 1 fully saturated rings. The lowest BCUT2D eigenvalue weighted by Crippen LogP contribution is -2.51. The zero-order valence-electron chi connectivity index (χ0n) is 14.0. The number of rotatable bonds is 3. The summed E-state index contributed by atoms with van der Waals surface area (Å²) in [4.78, 5) is 8.57. The normalized spacial score (nSPS) is 15.2. The van der Waals surface area contributed by atoms with Crippen LogP contribution in [0.15, 0.2) is 53.8 Å². The van der Waals surface area contributed by atoms with Crippen molar-refractivity contribution in [3.8, 4) is 0 Å². The minimum absolute atomic E-state index is 0.214. The second-order valence-corrected chi connectivity index (χ2v) is 6.17. The third-order valence-corrected chi connectivity index (χ3v) is 4.46. The van der Waals surface area contributed by atoms with Gasteiger partial charge in [0.25, 0.3) is 0 Å². The number of benzene rings is 1. The highest BCUT2D eigenvalue weighted by Crippen LogP contribution is 2.16. The summed E-state index contributed by atoms with van der Waals surface area (Å²) in [5.74, 6) is -0.214. The van der Waals surface area contributed by atoms with Crippen LogP contribution in [0.1, 0.15) is 12.6 Å². The van der Waals surface area contributed by atoms with Gasteiger partial charge in [-0.15, -0.1) is 0 Å². The van der Waals surface area contributed by atoms with E-state index in [2.05, 4.69) is 25.3 Å². The van der Waals surface area contributed by atoms with Crippen molar-refractivity contribution in [2.45, 2.75) is 6.92 Å². The lowest BCUT2D eigenvalue weighted by Gasteiger charge is -2.37. The van der Waals surface area contributed by atoms with E-state index >= 15 is 0 Å². The van der Waals surface area contributed by atoms with E-state index in [1.165, 1.54) is 12.1 Å². The maximum atomic E-state index is 13.0. The fraction of sp³-hybridized carbons (Fsp3) is 0.278. The van der Waals surface area contributed by atoms with E-state index in [0.29, 0.717) is 5.11 Å². The molecule has 2 aromatic rings. The molecule has 2 heterocycles. The Kier molecular flexibility index (Phi) is 5.55. The predicted octanol–water partition coefficient (Wildman–Crippen LogP) is 2.64. The van der Waals surface area contributed by atoms with Crippen LogP contribution in [0.4, 0.5) is 10.1 Å². The summed E-state index contributed by atoms with van der Waals surface area (Å²) >= 11 is 5.43. The van der Waals surface area contributed by atoms with Crippen LogP contribution in [-0.4, -0.2) is 46.9 Å². The average molecular weight is 357 g/mol. The van der Waals surface area contributed by atoms with Crippen LogP contribution < -0.4 is 10.3 Å². The maximum Gasteiger partial charge on any atom is 0.189 e. The van der Waals surface area contributed by atoms with Gasteiger partial charge in [-0.05, 0) is 55.5 Å². The lowest BCUT2D eigenvalue weighted by atomic mass is 10.2. The van der Waals surface area contributed by atoms with E-state index in [1.807, 2.05) is 37.3 Å². The van der Waals surface area contributed by atoms with Crippen LogP contribution >= 0.6 is 12.2 Å². The van der Waals surface area contributed by atoms with Gasteiger partial charge >= 0.3 is 0 Å². The quantitative estimate of drug-likeness (QED) is 0.520. The van der Waals surface area contributed by atoms with E-state index in [-0.39, 0.29) is 5.82 Å². The molecule has 0 radical (unpaired) electrons. The molecule has 5 nitrogen and oxygen atoms in total. The third kappa shape index (κ3) is 4.51. The second-order valence-electron chi connectivity index (χ2n) is 5.78. The van der Waals surface area contributed by atoms with Gasteiger partial charge in [-0.2, -0.15) is 5.10 Å². The van der Waals surface area contributed by atoms with Gasteiger partial charge < -0.3 is 9.80 Å². The minimum Gasteiger partial charge on any atom is -0.368 e. The molecular weight excluding hydrogens is 337 g/mol. The topological polar surface area (TPSA) is 43.8 Å². The first-order valence-electron chi connectivity index (χ1n) is 8.14. The lowest BCUT2D eigenvalue weighted by molar-refractivity contribution is 0.381. The van der Waals surface area contributed by atoms with Gasteiger partial charge in [0.1, 0.15) is 5.82 Å². The Balaban J connectivity index is 1.52. The Hall–Kier alpha value is -2.54. The molecule has 7 heteroatoms. The first-order valence-corrected chi connectivity index (χ1v) is 8.55. The van der Waals surface area contributed by atoms with Crippen LogP contribution in [-0.2, 0) is 0 Å². The van der Waals surface area contributed by atoms with E-state index in [1.54, 1.807) is 6.20 Å². The van der Waals surface area contributed by atoms with E-state index in [9.17, 15) is 4.39 Å². The zero-order valence-corrected chi connectivity index (χ0v) is 14.8. The predicted molar refractivity (Wildman–Crippen MR) is 102 cm³/mol. The molecule has 0 unspecified atom stereocenters. The van der Waals surface area contributed by atoms with Crippen molar-refractivity contribution in [2.24, 2.45) is 5.10 Å². The van der Waals surface area contributed by atoms with Gasteiger partial charge in [0.05, 0.1) is 11.4 Å². The maximum absolute atomic E-state index is 13.0. The van der Waals surface area contributed by atoms with Gasteiger partial charge in [0.15, 0.2) is 5.11 Å². The summed E-state index contributed by atoms with van der Waals surface area (Å²) in [7, 11) is 0. The van der Waals surface area contributed by atoms with E-state index < -0.39 is 0 Å². The smallest absolute Gasteiger partial charge is 0.189 e. The van der Waals surface area contributed by atoms with Gasteiger partial charge in [-0.1, -0.05) is 6.07 Å². The highest BCUT2D eigenvalue weighted by Gasteiger charge is 2.19. The van der Waals surface area contributed by atoms with Crippen LogP contribution in [0.25, 0.3) is 0 Å². The van der Waals surface area contributed by atoms with Crippen molar-refractivity contribution in [1.82, 2.24) is 15.3 Å². The number of pyridine rings is 1. The zero-order chi connectivity index (χ0) is 17.6. The molecule has 3 rings (SSSR count). The molecule has 1 aliphatic rings. The molecule has 1 aliphatic heterocycles. The van der Waals surface area contributed by atoms with Crippen molar-refractivity contribution in [2.75, 3.05) is 31.1 Å². The molecule has 0 amide bonds. The van der Waals surface area contributed by atoms with Gasteiger partial charge in [0.2, 0.25) is 0 Å². The summed E-state index contributed by atoms with van der Waals surface area (Å²) in [6.45, 7) is 5.14. The van der Waals surface area contributed by atoms with Gasteiger partial charge in [0, 0.05) is 38.1 Å². The first-order chi connectivity index (χ1) is 12.1. The Morgan fingerprint density at radius 3 is 2.48 bits per heavy atom. The third-order valence-electron chi connectivity index (χ3n) is 4.11. The highest BCUT2D eigenvalue weighted by atomic mass is 32.1. The monoisotopic (exact) mass is 357 g/mol. The SMILES string of the molecule is C/C(=N/NC(=S)N1CCN(c2ccc(F)cc2)CC1)c1ccccn1. The number of halogens is 1. The molecule has 0 aliphatic carbocycles. The van der Waals surface area contributed by atoms with Crippen LogP contribution in [0.2, 0.25) is 0 Å². The van der Waals surface area contributed by atoms with Crippen molar-refractivity contribution < 1.29 is 4.39 Å². The summed E-state index contributed by atoms with van der Waals surface area (Å²) in [5.41, 5.74) is 5.58. The Morgan fingerprint density at radius 1 is 1.12 bits per heavy atom. The van der Waals surface area contributed by atoms with E-state index in [4.69, 9.17) is 12.2 Å². The molecule has 130 valence electrons. The number of piperazine rings is 1. The minimum atomic E-state index is -0.214. The number of aromatic nitrogens is 1. The summed E-state index contributed by atoms with van der Waals surface area (Å²) in [6, 6.07) is 12.3. The molecule has 0 saturated carbocycles. The Bertz CT molecular complexity index is 740. The molecule has 0 spiro atoms. The molecule has 1 saturated heterocycles. The standard InChI is InChI=1S/C18H20FN5S/c1-14(17-4-2-3-9-20-17)21-22-18(25)24-12-10-23(11-13-24)16-7-5-15(19)6-8-16/h2-9H,10-13H2,1H3,(H,22,25)/b21-14-. The molecule has 1 N–H and O–H groups in total. The number of nitrogens with zero attached hydrogens (tertiary/aromatic N) is 4. The molecule has 0 bridgehead atoms. The van der Waals surface area contributed by atoms with E-state index in [0.717, 1.165) is 43.3 Å². The summed E-state index contributed by atoms with van der Waals surface area (Å²) in [6.07, 6.45) is 1.74. The number of thiocarbonyl (C=S) groups is 1. The Morgan fingerprint density at radius 2 is 1.84 bits per heavy atom. The van der Waals surface area contributed by atoms with Crippen LogP contribution in [0.5, 0.6) is 0 Å². The molecule has 1 aromatic heterocycles. The van der Waals surface area contributed by atoms with Crippen molar-refractivity contribution >= 4 is 28.7 Å². The molecular formula is C18H20FN5S. The largest absolute Gasteiger partial charge is 0.368 e. The second kappa shape index (κ2) is 8.02. The number of nitrogens with one attached hydrogen (secondary N) is 1. The van der Waals surface area contributed by atoms with Crippen LogP contribution in [0.3, 0.4) is 0 Å². The molecule has 0 atom stereocenters. The molecule has 25 heavy (non-hydrogen) atoms.